The topological polar surface area (TPSA) is 62.7 Å². The van der Waals surface area contributed by atoms with E-state index in [1.807, 2.05) is 30.3 Å². The van der Waals surface area contributed by atoms with Crippen molar-refractivity contribution in [1.29, 1.82) is 0 Å². The van der Waals surface area contributed by atoms with Crippen molar-refractivity contribution in [3.63, 3.8) is 0 Å². The molecule has 3 aromatic rings. The number of nitrogens with one attached hydrogen (secondary N) is 2. The van der Waals surface area contributed by atoms with Crippen molar-refractivity contribution in [2.45, 2.75) is 31.7 Å². The summed E-state index contributed by atoms with van der Waals surface area (Å²) in [6, 6.07) is 12.5. The highest BCUT2D eigenvalue weighted by Gasteiger charge is 2.17. The molecule has 0 atom stereocenters. The van der Waals surface area contributed by atoms with Crippen molar-refractivity contribution in [2.75, 3.05) is 10.6 Å². The molecule has 23 heavy (non-hydrogen) atoms. The number of hydrogen-bond donors (Lipinski definition) is 2. The molecule has 1 fully saturated rings. The van der Waals surface area contributed by atoms with Gasteiger partial charge in [-0.3, -0.25) is 4.98 Å². The van der Waals surface area contributed by atoms with Crippen LogP contribution in [0.3, 0.4) is 0 Å². The summed E-state index contributed by atoms with van der Waals surface area (Å²) >= 11 is 0. The summed E-state index contributed by atoms with van der Waals surface area (Å²) < 4.78 is 0. The highest BCUT2D eigenvalue weighted by molar-refractivity contribution is 5.90. The van der Waals surface area contributed by atoms with E-state index in [4.69, 9.17) is 4.98 Å². The summed E-state index contributed by atoms with van der Waals surface area (Å²) in [5.41, 5.74) is 1.82. The minimum absolute atomic E-state index is 0.513. The highest BCUT2D eigenvalue weighted by Crippen LogP contribution is 2.27. The Bertz CT molecular complexity index is 797. The van der Waals surface area contributed by atoms with E-state index in [0.29, 0.717) is 12.0 Å². The van der Waals surface area contributed by atoms with Crippen LogP contribution < -0.4 is 10.6 Å². The standard InChI is InChI=1S/C18H19N5/c1-2-7-13(6-1)20-17-15-9-3-4-10-16(15)22-18(23-17)21-14-8-5-11-19-12-14/h3-5,8-13H,1-2,6-7H2,(H2,20,21,22,23). The third-order valence-electron chi connectivity index (χ3n) is 4.22. The van der Waals surface area contributed by atoms with Gasteiger partial charge in [-0.2, -0.15) is 4.98 Å². The molecule has 5 heteroatoms. The zero-order chi connectivity index (χ0) is 15.5. The Hall–Kier alpha value is -2.69. The smallest absolute Gasteiger partial charge is 0.229 e. The summed E-state index contributed by atoms with van der Waals surface area (Å²) in [6.07, 6.45) is 8.53. The van der Waals surface area contributed by atoms with E-state index in [1.165, 1.54) is 25.7 Å². The number of nitrogens with zero attached hydrogens (tertiary/aromatic N) is 3. The second kappa shape index (κ2) is 6.20. The molecule has 2 aromatic heterocycles. The minimum atomic E-state index is 0.513. The van der Waals surface area contributed by atoms with E-state index in [1.54, 1.807) is 12.4 Å². The Morgan fingerprint density at radius 2 is 1.83 bits per heavy atom. The fraction of sp³-hybridized carbons (Fsp3) is 0.278. The van der Waals surface area contributed by atoms with Crippen LogP contribution in [-0.2, 0) is 0 Å². The monoisotopic (exact) mass is 305 g/mol. The van der Waals surface area contributed by atoms with E-state index in [2.05, 4.69) is 26.7 Å². The van der Waals surface area contributed by atoms with Gasteiger partial charge in [-0.05, 0) is 37.1 Å². The molecule has 1 aliphatic rings. The van der Waals surface area contributed by atoms with Gasteiger partial charge in [0, 0.05) is 17.6 Å². The third kappa shape index (κ3) is 3.08. The maximum atomic E-state index is 4.70. The normalized spacial score (nSPS) is 15.0. The average molecular weight is 305 g/mol. The SMILES string of the molecule is c1cncc(Nc2nc(NC3CCCC3)c3ccccc3n2)c1. The lowest BCUT2D eigenvalue weighted by Crippen LogP contribution is -2.16. The first-order chi connectivity index (χ1) is 11.4. The molecular formula is C18H19N5. The maximum absolute atomic E-state index is 4.70. The molecule has 116 valence electrons. The van der Waals surface area contributed by atoms with E-state index >= 15 is 0 Å². The lowest BCUT2D eigenvalue weighted by Gasteiger charge is -2.16. The van der Waals surface area contributed by atoms with E-state index in [9.17, 15) is 0 Å². The number of fused-ring (bicyclic) bond motifs is 1. The van der Waals surface area contributed by atoms with Crippen molar-refractivity contribution >= 4 is 28.4 Å². The second-order valence-electron chi connectivity index (χ2n) is 5.91. The van der Waals surface area contributed by atoms with Crippen LogP contribution in [-0.4, -0.2) is 21.0 Å². The molecule has 5 nitrogen and oxygen atoms in total. The number of rotatable bonds is 4. The third-order valence-corrected chi connectivity index (χ3v) is 4.22. The van der Waals surface area contributed by atoms with Crippen molar-refractivity contribution < 1.29 is 0 Å². The average Bonchev–Trinajstić information content (AvgIpc) is 3.09. The van der Waals surface area contributed by atoms with E-state index < -0.39 is 0 Å². The van der Waals surface area contributed by atoms with Gasteiger partial charge in [-0.15, -0.1) is 0 Å². The predicted molar refractivity (Wildman–Crippen MR) is 92.9 cm³/mol. The molecule has 0 saturated heterocycles. The molecule has 1 saturated carbocycles. The van der Waals surface area contributed by atoms with Crippen LogP contribution in [0.25, 0.3) is 10.9 Å². The number of benzene rings is 1. The van der Waals surface area contributed by atoms with Crippen LogP contribution in [0.2, 0.25) is 0 Å². The first kappa shape index (κ1) is 13.9. The molecule has 0 bridgehead atoms. The van der Waals surface area contributed by atoms with E-state index in [0.717, 1.165) is 22.4 Å². The molecule has 2 heterocycles. The van der Waals surface area contributed by atoms with Gasteiger partial charge in [0.1, 0.15) is 5.82 Å². The number of pyridine rings is 1. The molecule has 4 rings (SSSR count). The molecular weight excluding hydrogens is 286 g/mol. The number of aromatic nitrogens is 3. The fourth-order valence-corrected chi connectivity index (χ4v) is 3.07. The number of hydrogen-bond acceptors (Lipinski definition) is 5. The molecule has 0 unspecified atom stereocenters. The van der Waals surface area contributed by atoms with Gasteiger partial charge < -0.3 is 10.6 Å². The molecule has 2 N–H and O–H groups in total. The fourth-order valence-electron chi connectivity index (χ4n) is 3.07. The van der Waals surface area contributed by atoms with E-state index in [-0.39, 0.29) is 0 Å². The molecule has 0 aliphatic heterocycles. The van der Waals surface area contributed by atoms with Gasteiger partial charge >= 0.3 is 0 Å². The van der Waals surface area contributed by atoms with Crippen LogP contribution in [0.1, 0.15) is 25.7 Å². The summed E-state index contributed by atoms with van der Waals surface area (Å²) in [6.45, 7) is 0. The lowest BCUT2D eigenvalue weighted by atomic mass is 10.2. The Balaban J connectivity index is 1.70. The van der Waals surface area contributed by atoms with Crippen molar-refractivity contribution in [3.8, 4) is 0 Å². The summed E-state index contributed by atoms with van der Waals surface area (Å²) in [5.74, 6) is 1.51. The van der Waals surface area contributed by atoms with Crippen molar-refractivity contribution in [2.24, 2.45) is 0 Å². The van der Waals surface area contributed by atoms with Crippen LogP contribution in [0.15, 0.2) is 48.8 Å². The van der Waals surface area contributed by atoms with Gasteiger partial charge in [0.05, 0.1) is 17.4 Å². The first-order valence-electron chi connectivity index (χ1n) is 8.09. The van der Waals surface area contributed by atoms with Gasteiger partial charge in [0.15, 0.2) is 0 Å². The molecule has 0 radical (unpaired) electrons. The Morgan fingerprint density at radius 3 is 2.65 bits per heavy atom. The van der Waals surface area contributed by atoms with Gasteiger partial charge in [0.2, 0.25) is 5.95 Å². The number of para-hydroxylation sites is 1. The second-order valence-corrected chi connectivity index (χ2v) is 5.91. The van der Waals surface area contributed by atoms with Gasteiger partial charge in [-0.1, -0.05) is 25.0 Å². The first-order valence-corrected chi connectivity index (χ1v) is 8.09. The van der Waals surface area contributed by atoms with Gasteiger partial charge in [0.25, 0.3) is 0 Å². The van der Waals surface area contributed by atoms with Crippen LogP contribution in [0.4, 0.5) is 17.5 Å². The quantitative estimate of drug-likeness (QED) is 0.759. The molecule has 0 spiro atoms. The van der Waals surface area contributed by atoms with Gasteiger partial charge in [-0.25, -0.2) is 4.98 Å². The zero-order valence-corrected chi connectivity index (χ0v) is 12.9. The lowest BCUT2D eigenvalue weighted by molar-refractivity contribution is 0.752. The molecule has 0 amide bonds. The minimum Gasteiger partial charge on any atom is -0.367 e. The van der Waals surface area contributed by atoms with Crippen LogP contribution in [0, 0.1) is 0 Å². The Morgan fingerprint density at radius 1 is 0.957 bits per heavy atom. The Kier molecular flexibility index (Phi) is 3.76. The van der Waals surface area contributed by atoms with Crippen molar-refractivity contribution in [3.05, 3.63) is 48.8 Å². The summed E-state index contributed by atoms with van der Waals surface area (Å²) in [4.78, 5) is 13.4. The largest absolute Gasteiger partial charge is 0.367 e. The van der Waals surface area contributed by atoms with Crippen LogP contribution >= 0.6 is 0 Å². The summed E-state index contributed by atoms with van der Waals surface area (Å²) in [5, 5.41) is 7.91. The Labute approximate surface area is 135 Å². The number of anilines is 3. The van der Waals surface area contributed by atoms with Crippen molar-refractivity contribution in [1.82, 2.24) is 15.0 Å². The summed E-state index contributed by atoms with van der Waals surface area (Å²) in [7, 11) is 0. The zero-order valence-electron chi connectivity index (χ0n) is 12.9. The maximum Gasteiger partial charge on any atom is 0.229 e. The predicted octanol–water partition coefficient (Wildman–Crippen LogP) is 4.12. The highest BCUT2D eigenvalue weighted by atomic mass is 15.2. The van der Waals surface area contributed by atoms with Crippen LogP contribution in [0.5, 0.6) is 0 Å². The molecule has 1 aliphatic carbocycles. The molecule has 1 aromatic carbocycles.